The van der Waals surface area contributed by atoms with E-state index in [-0.39, 0.29) is 5.69 Å². The van der Waals surface area contributed by atoms with Crippen molar-refractivity contribution < 1.29 is 18.0 Å². The van der Waals surface area contributed by atoms with Gasteiger partial charge >= 0.3 is 0 Å². The molecule has 1 aromatic heterocycles. The van der Waals surface area contributed by atoms with E-state index in [4.69, 9.17) is 0 Å². The molecule has 0 aliphatic heterocycles. The minimum absolute atomic E-state index is 0.0153. The molecule has 0 fully saturated rings. The van der Waals surface area contributed by atoms with E-state index in [1.54, 1.807) is 12.1 Å². The number of aromatic nitrogens is 1. The molecule has 0 spiro atoms. The van der Waals surface area contributed by atoms with Gasteiger partial charge in [-0.05, 0) is 28.1 Å². The van der Waals surface area contributed by atoms with Crippen molar-refractivity contribution in [1.29, 1.82) is 0 Å². The Labute approximate surface area is 114 Å². The Morgan fingerprint density at radius 1 is 1.21 bits per heavy atom. The SMILES string of the molecule is O=C(Nc1cc(F)cc(F)c1F)c1cccc(Br)n1. The van der Waals surface area contributed by atoms with Gasteiger partial charge < -0.3 is 5.32 Å². The van der Waals surface area contributed by atoms with Gasteiger partial charge in [-0.3, -0.25) is 4.79 Å². The summed E-state index contributed by atoms with van der Waals surface area (Å²) in [6.45, 7) is 0. The summed E-state index contributed by atoms with van der Waals surface area (Å²) in [5, 5.41) is 2.06. The molecule has 0 saturated carbocycles. The maximum atomic E-state index is 13.4. The molecule has 3 nitrogen and oxygen atoms in total. The van der Waals surface area contributed by atoms with Crippen LogP contribution >= 0.6 is 15.9 Å². The second kappa shape index (κ2) is 5.40. The minimum Gasteiger partial charge on any atom is -0.318 e. The molecule has 1 N–H and O–H groups in total. The van der Waals surface area contributed by atoms with Crippen molar-refractivity contribution in [1.82, 2.24) is 4.98 Å². The van der Waals surface area contributed by atoms with Gasteiger partial charge in [0.05, 0.1) is 5.69 Å². The van der Waals surface area contributed by atoms with Gasteiger partial charge in [-0.1, -0.05) is 6.07 Å². The van der Waals surface area contributed by atoms with Crippen molar-refractivity contribution >= 4 is 27.5 Å². The number of carbonyl (C=O) groups excluding carboxylic acids is 1. The predicted molar refractivity (Wildman–Crippen MR) is 66.2 cm³/mol. The van der Waals surface area contributed by atoms with E-state index in [1.807, 2.05) is 0 Å². The first-order valence-corrected chi connectivity index (χ1v) is 5.85. The highest BCUT2D eigenvalue weighted by Crippen LogP contribution is 2.20. The molecular formula is C12H6BrF3N2O. The lowest BCUT2D eigenvalue weighted by molar-refractivity contribution is 0.102. The Kier molecular flexibility index (Phi) is 3.84. The Bertz CT molecular complexity index is 649. The third kappa shape index (κ3) is 3.11. The number of nitrogens with zero attached hydrogens (tertiary/aromatic N) is 1. The number of halogens is 4. The molecule has 2 aromatic rings. The van der Waals surface area contributed by atoms with Crippen LogP contribution in [0.5, 0.6) is 0 Å². The fourth-order valence-electron chi connectivity index (χ4n) is 1.37. The molecular weight excluding hydrogens is 325 g/mol. The van der Waals surface area contributed by atoms with Gasteiger partial charge in [0.1, 0.15) is 16.1 Å². The second-order valence-corrected chi connectivity index (χ2v) is 4.36. The summed E-state index contributed by atoms with van der Waals surface area (Å²) in [4.78, 5) is 15.6. The molecule has 0 atom stereocenters. The van der Waals surface area contributed by atoms with E-state index < -0.39 is 29.0 Å². The van der Waals surface area contributed by atoms with Crippen molar-refractivity contribution in [3.05, 3.63) is 58.1 Å². The zero-order valence-electron chi connectivity index (χ0n) is 9.25. The van der Waals surface area contributed by atoms with E-state index in [9.17, 15) is 18.0 Å². The Morgan fingerprint density at radius 3 is 2.63 bits per heavy atom. The molecule has 1 heterocycles. The molecule has 0 radical (unpaired) electrons. The van der Waals surface area contributed by atoms with Crippen LogP contribution in [0.4, 0.5) is 18.9 Å². The van der Waals surface area contributed by atoms with Gasteiger partial charge in [-0.15, -0.1) is 0 Å². The van der Waals surface area contributed by atoms with Crippen molar-refractivity contribution in [2.45, 2.75) is 0 Å². The number of benzene rings is 1. The average molecular weight is 331 g/mol. The van der Waals surface area contributed by atoms with E-state index >= 15 is 0 Å². The number of pyridine rings is 1. The molecule has 0 saturated heterocycles. The zero-order valence-corrected chi connectivity index (χ0v) is 10.8. The lowest BCUT2D eigenvalue weighted by atomic mass is 10.2. The van der Waals surface area contributed by atoms with Crippen LogP contribution < -0.4 is 5.32 Å². The van der Waals surface area contributed by atoms with Crippen molar-refractivity contribution in [2.24, 2.45) is 0 Å². The number of carbonyl (C=O) groups is 1. The van der Waals surface area contributed by atoms with Gasteiger partial charge in [0, 0.05) is 12.1 Å². The summed E-state index contributed by atoms with van der Waals surface area (Å²) in [6, 6.07) is 5.61. The summed E-state index contributed by atoms with van der Waals surface area (Å²) in [5.74, 6) is -4.47. The second-order valence-electron chi connectivity index (χ2n) is 3.55. The van der Waals surface area contributed by atoms with Crippen LogP contribution in [0.2, 0.25) is 0 Å². The number of anilines is 1. The summed E-state index contributed by atoms with van der Waals surface area (Å²) in [7, 11) is 0. The average Bonchev–Trinajstić information content (AvgIpc) is 2.35. The fraction of sp³-hybridized carbons (Fsp3) is 0. The van der Waals surface area contributed by atoms with E-state index in [2.05, 4.69) is 26.2 Å². The van der Waals surface area contributed by atoms with Crippen LogP contribution in [0.25, 0.3) is 0 Å². The highest BCUT2D eigenvalue weighted by atomic mass is 79.9. The number of hydrogen-bond acceptors (Lipinski definition) is 2. The third-order valence-corrected chi connectivity index (χ3v) is 2.63. The molecule has 0 aliphatic rings. The van der Waals surface area contributed by atoms with Crippen LogP contribution in [0.1, 0.15) is 10.5 Å². The summed E-state index contributed by atoms with van der Waals surface area (Å²) in [6.07, 6.45) is 0. The summed E-state index contributed by atoms with van der Waals surface area (Å²) in [5.41, 5.74) is -0.595. The van der Waals surface area contributed by atoms with Crippen molar-refractivity contribution in [3.8, 4) is 0 Å². The first-order valence-electron chi connectivity index (χ1n) is 5.06. The van der Waals surface area contributed by atoms with E-state index in [0.29, 0.717) is 16.7 Å². The monoisotopic (exact) mass is 330 g/mol. The molecule has 0 unspecified atom stereocenters. The summed E-state index contributed by atoms with van der Waals surface area (Å²) < 4.78 is 39.7. The van der Waals surface area contributed by atoms with Gasteiger partial charge in [-0.25, -0.2) is 18.2 Å². The molecule has 1 amide bonds. The quantitative estimate of drug-likeness (QED) is 0.676. The Balaban J connectivity index is 2.29. The number of nitrogens with one attached hydrogen (secondary N) is 1. The zero-order chi connectivity index (χ0) is 14.0. The van der Waals surface area contributed by atoms with Crippen molar-refractivity contribution in [2.75, 3.05) is 5.32 Å². The maximum Gasteiger partial charge on any atom is 0.274 e. The van der Waals surface area contributed by atoms with Crippen LogP contribution in [0.3, 0.4) is 0 Å². The molecule has 98 valence electrons. The number of amides is 1. The van der Waals surface area contributed by atoms with E-state index in [0.717, 1.165) is 0 Å². The lowest BCUT2D eigenvalue weighted by Gasteiger charge is -2.07. The molecule has 7 heteroatoms. The Hall–Kier alpha value is -1.89. The standard InChI is InChI=1S/C12H6BrF3N2O/c13-10-3-1-2-8(17-10)12(19)18-9-5-6(14)4-7(15)11(9)16/h1-5H,(H,18,19). The largest absolute Gasteiger partial charge is 0.318 e. The van der Waals surface area contributed by atoms with Gasteiger partial charge in [-0.2, -0.15) is 0 Å². The Morgan fingerprint density at radius 2 is 1.95 bits per heavy atom. The summed E-state index contributed by atoms with van der Waals surface area (Å²) >= 11 is 3.07. The highest BCUT2D eigenvalue weighted by Gasteiger charge is 2.15. The molecule has 2 rings (SSSR count). The number of rotatable bonds is 2. The minimum atomic E-state index is -1.38. The van der Waals surface area contributed by atoms with Crippen LogP contribution in [0, 0.1) is 17.5 Å². The molecule has 19 heavy (non-hydrogen) atoms. The molecule has 0 bridgehead atoms. The van der Waals surface area contributed by atoms with E-state index in [1.165, 1.54) is 6.07 Å². The van der Waals surface area contributed by atoms with Gasteiger partial charge in [0.15, 0.2) is 11.6 Å². The normalized spacial score (nSPS) is 10.3. The topological polar surface area (TPSA) is 42.0 Å². The van der Waals surface area contributed by atoms with Crippen LogP contribution in [-0.4, -0.2) is 10.9 Å². The highest BCUT2D eigenvalue weighted by molar-refractivity contribution is 9.10. The van der Waals surface area contributed by atoms with Crippen molar-refractivity contribution in [3.63, 3.8) is 0 Å². The lowest BCUT2D eigenvalue weighted by Crippen LogP contribution is -2.15. The first-order chi connectivity index (χ1) is 8.97. The van der Waals surface area contributed by atoms with Crippen LogP contribution in [0.15, 0.2) is 34.9 Å². The fourth-order valence-corrected chi connectivity index (χ4v) is 1.71. The molecule has 0 aliphatic carbocycles. The van der Waals surface area contributed by atoms with Gasteiger partial charge in [0.2, 0.25) is 0 Å². The van der Waals surface area contributed by atoms with Gasteiger partial charge in [0.25, 0.3) is 5.91 Å². The third-order valence-electron chi connectivity index (χ3n) is 2.19. The smallest absolute Gasteiger partial charge is 0.274 e. The van der Waals surface area contributed by atoms with Crippen LogP contribution in [-0.2, 0) is 0 Å². The first kappa shape index (κ1) is 13.5. The number of hydrogen-bond donors (Lipinski definition) is 1. The predicted octanol–water partition coefficient (Wildman–Crippen LogP) is 3.51. The molecule has 1 aromatic carbocycles. The maximum absolute atomic E-state index is 13.4.